The van der Waals surface area contributed by atoms with Crippen LogP contribution in [0.15, 0.2) is 30.5 Å². The van der Waals surface area contributed by atoms with Gasteiger partial charge in [-0.25, -0.2) is 0 Å². The smallest absolute Gasteiger partial charge is 0.222 e. The Kier molecular flexibility index (Phi) is 5.81. The first-order valence-corrected chi connectivity index (χ1v) is 10.7. The summed E-state index contributed by atoms with van der Waals surface area (Å²) in [6, 6.07) is 8.56. The number of carbonyl (C=O) groups excluding carboxylic acids is 1. The van der Waals surface area contributed by atoms with Crippen LogP contribution in [-0.2, 0) is 4.79 Å². The van der Waals surface area contributed by atoms with Crippen LogP contribution in [0, 0.1) is 12.8 Å². The minimum absolute atomic E-state index is 0.360. The first-order chi connectivity index (χ1) is 13.7. The Morgan fingerprint density at radius 1 is 1.07 bits per heavy atom. The van der Waals surface area contributed by atoms with Gasteiger partial charge >= 0.3 is 0 Å². The maximum absolute atomic E-state index is 12.7. The third-order valence-corrected chi connectivity index (χ3v) is 6.54. The van der Waals surface area contributed by atoms with Crippen molar-refractivity contribution >= 4 is 22.5 Å². The number of fused-ring (bicyclic) bond motifs is 1. The highest BCUT2D eigenvalue weighted by Crippen LogP contribution is 2.31. The van der Waals surface area contributed by atoms with Crippen LogP contribution >= 0.6 is 0 Å². The van der Waals surface area contributed by atoms with Crippen molar-refractivity contribution in [2.24, 2.45) is 5.92 Å². The summed E-state index contributed by atoms with van der Waals surface area (Å²) in [7, 11) is 0. The van der Waals surface area contributed by atoms with Crippen molar-refractivity contribution in [3.8, 4) is 0 Å². The lowest BCUT2D eigenvalue weighted by Gasteiger charge is -2.37. The predicted molar refractivity (Wildman–Crippen MR) is 115 cm³/mol. The molecular weight excluding hydrogens is 348 g/mol. The number of piperazine rings is 1. The molecule has 4 rings (SSSR count). The van der Waals surface area contributed by atoms with Gasteiger partial charge in [-0.05, 0) is 43.9 Å². The Hall–Kier alpha value is -2.14. The fourth-order valence-corrected chi connectivity index (χ4v) is 4.65. The molecule has 0 aliphatic carbocycles. The van der Waals surface area contributed by atoms with E-state index in [9.17, 15) is 4.79 Å². The Morgan fingerprint density at radius 2 is 1.82 bits per heavy atom. The Bertz CT molecular complexity index is 820. The number of piperidine rings is 1. The van der Waals surface area contributed by atoms with Crippen molar-refractivity contribution in [2.45, 2.75) is 33.1 Å². The highest BCUT2D eigenvalue weighted by Gasteiger charge is 2.26. The third-order valence-electron chi connectivity index (χ3n) is 6.54. The van der Waals surface area contributed by atoms with E-state index in [-0.39, 0.29) is 0 Å². The van der Waals surface area contributed by atoms with E-state index in [1.165, 1.54) is 16.6 Å². The van der Waals surface area contributed by atoms with Gasteiger partial charge in [0.1, 0.15) is 0 Å². The summed E-state index contributed by atoms with van der Waals surface area (Å²) in [6.07, 6.45) is 4.83. The van der Waals surface area contributed by atoms with Gasteiger partial charge in [0.15, 0.2) is 0 Å². The molecule has 5 heteroatoms. The Labute approximate surface area is 168 Å². The van der Waals surface area contributed by atoms with Crippen LogP contribution in [-0.4, -0.2) is 66.5 Å². The molecule has 150 valence electrons. The minimum Gasteiger partial charge on any atom is -0.371 e. The molecule has 2 aromatic rings. The molecule has 1 aromatic heterocycles. The molecule has 3 heterocycles. The van der Waals surface area contributed by atoms with E-state index in [0.717, 1.165) is 70.6 Å². The van der Waals surface area contributed by atoms with Gasteiger partial charge in [0.05, 0.1) is 5.52 Å². The minimum atomic E-state index is 0.360. The van der Waals surface area contributed by atoms with Crippen LogP contribution in [0.3, 0.4) is 0 Å². The van der Waals surface area contributed by atoms with E-state index in [1.54, 1.807) is 0 Å². The number of aryl methyl sites for hydroxylation is 1. The summed E-state index contributed by atoms with van der Waals surface area (Å²) in [5.74, 6) is 0.877. The zero-order valence-electron chi connectivity index (χ0n) is 17.2. The Balaban J connectivity index is 1.34. The molecule has 2 aliphatic heterocycles. The molecule has 5 nitrogen and oxygen atoms in total. The first-order valence-electron chi connectivity index (χ1n) is 10.7. The lowest BCUT2D eigenvalue weighted by Crippen LogP contribution is -2.49. The number of anilines is 1. The number of rotatable bonds is 4. The summed E-state index contributed by atoms with van der Waals surface area (Å²) < 4.78 is 0. The normalized spacial score (nSPS) is 19.4. The molecule has 1 amide bonds. The highest BCUT2D eigenvalue weighted by atomic mass is 16.2. The average molecular weight is 381 g/mol. The molecule has 2 fully saturated rings. The van der Waals surface area contributed by atoms with Gasteiger partial charge in [0.25, 0.3) is 0 Å². The number of para-hydroxylation sites is 1. The van der Waals surface area contributed by atoms with Gasteiger partial charge in [0, 0.05) is 63.0 Å². The van der Waals surface area contributed by atoms with Crippen molar-refractivity contribution in [1.29, 1.82) is 0 Å². The van der Waals surface area contributed by atoms with Gasteiger partial charge in [-0.15, -0.1) is 0 Å². The molecule has 2 saturated heterocycles. The van der Waals surface area contributed by atoms with Gasteiger partial charge in [-0.2, -0.15) is 0 Å². The molecular formula is C23H32N4O. The summed E-state index contributed by atoms with van der Waals surface area (Å²) in [6.45, 7) is 11.3. The van der Waals surface area contributed by atoms with Gasteiger partial charge < -0.3 is 14.7 Å². The average Bonchev–Trinajstić information content (AvgIpc) is 2.74. The molecule has 1 aromatic carbocycles. The van der Waals surface area contributed by atoms with E-state index in [1.807, 2.05) is 6.20 Å². The van der Waals surface area contributed by atoms with Gasteiger partial charge in [0.2, 0.25) is 5.91 Å². The number of hydrogen-bond donors (Lipinski definition) is 0. The number of hydrogen-bond acceptors (Lipinski definition) is 4. The number of nitrogens with zero attached hydrogens (tertiary/aromatic N) is 4. The summed E-state index contributed by atoms with van der Waals surface area (Å²) >= 11 is 0. The van der Waals surface area contributed by atoms with Crippen molar-refractivity contribution in [2.75, 3.05) is 50.7 Å². The molecule has 28 heavy (non-hydrogen) atoms. The largest absolute Gasteiger partial charge is 0.371 e. The lowest BCUT2D eigenvalue weighted by atomic mass is 9.92. The quantitative estimate of drug-likeness (QED) is 0.816. The van der Waals surface area contributed by atoms with Crippen molar-refractivity contribution in [3.05, 3.63) is 36.0 Å². The van der Waals surface area contributed by atoms with Gasteiger partial charge in [-0.3, -0.25) is 9.78 Å². The number of amides is 1. The second-order valence-electron chi connectivity index (χ2n) is 8.25. The fraction of sp³-hybridized carbons (Fsp3) is 0.565. The SMILES string of the molecule is CCN1CCN(C(=O)CC2CCN(c3ccnc4c(C)cccc34)CC2)CC1. The fourth-order valence-electron chi connectivity index (χ4n) is 4.65. The van der Waals surface area contributed by atoms with E-state index >= 15 is 0 Å². The van der Waals surface area contributed by atoms with Crippen molar-refractivity contribution in [3.63, 3.8) is 0 Å². The van der Waals surface area contributed by atoms with Crippen LogP contribution in [0.4, 0.5) is 5.69 Å². The van der Waals surface area contributed by atoms with Crippen LogP contribution in [0.25, 0.3) is 10.9 Å². The number of aromatic nitrogens is 1. The van der Waals surface area contributed by atoms with Gasteiger partial charge in [-0.1, -0.05) is 25.1 Å². The van der Waals surface area contributed by atoms with Crippen LogP contribution in [0.1, 0.15) is 31.7 Å². The predicted octanol–water partition coefficient (Wildman–Crippen LogP) is 3.31. The molecule has 0 atom stereocenters. The molecule has 0 unspecified atom stereocenters. The van der Waals surface area contributed by atoms with Crippen LogP contribution in [0.2, 0.25) is 0 Å². The zero-order chi connectivity index (χ0) is 19.5. The van der Waals surface area contributed by atoms with E-state index < -0.39 is 0 Å². The zero-order valence-corrected chi connectivity index (χ0v) is 17.2. The molecule has 2 aliphatic rings. The summed E-state index contributed by atoms with van der Waals surface area (Å²) in [5.41, 5.74) is 3.61. The standard InChI is InChI=1S/C23H32N4O/c1-3-25-13-15-27(16-14-25)22(28)17-19-8-11-26(12-9-19)21-7-10-24-23-18(2)5-4-6-20(21)23/h4-7,10,19H,3,8-9,11-17H2,1-2H3. The van der Waals surface area contributed by atoms with Crippen molar-refractivity contribution < 1.29 is 4.79 Å². The third kappa shape index (κ3) is 4.00. The van der Waals surface area contributed by atoms with Crippen LogP contribution in [0.5, 0.6) is 0 Å². The second-order valence-corrected chi connectivity index (χ2v) is 8.25. The topological polar surface area (TPSA) is 39.7 Å². The molecule has 0 saturated carbocycles. The first kappa shape index (κ1) is 19.2. The number of benzene rings is 1. The molecule has 0 bridgehead atoms. The number of pyridine rings is 1. The summed E-state index contributed by atoms with van der Waals surface area (Å²) in [5, 5.41) is 1.24. The molecule has 0 N–H and O–H groups in total. The summed E-state index contributed by atoms with van der Waals surface area (Å²) in [4.78, 5) is 24.3. The van der Waals surface area contributed by atoms with Crippen LogP contribution < -0.4 is 4.90 Å². The molecule has 0 radical (unpaired) electrons. The maximum atomic E-state index is 12.7. The second kappa shape index (κ2) is 8.48. The maximum Gasteiger partial charge on any atom is 0.222 e. The Morgan fingerprint density at radius 3 is 2.54 bits per heavy atom. The lowest BCUT2D eigenvalue weighted by molar-refractivity contribution is -0.134. The number of likely N-dealkylation sites (N-methyl/N-ethyl adjacent to an activating group) is 1. The highest BCUT2D eigenvalue weighted by molar-refractivity contribution is 5.93. The van der Waals surface area contributed by atoms with E-state index in [2.05, 4.69) is 57.8 Å². The monoisotopic (exact) mass is 380 g/mol. The number of carbonyl (C=O) groups is 1. The van der Waals surface area contributed by atoms with Crippen molar-refractivity contribution in [1.82, 2.24) is 14.8 Å². The van der Waals surface area contributed by atoms with E-state index in [0.29, 0.717) is 11.8 Å². The van der Waals surface area contributed by atoms with E-state index in [4.69, 9.17) is 0 Å². The molecule has 0 spiro atoms.